The summed E-state index contributed by atoms with van der Waals surface area (Å²) in [5.41, 5.74) is -2.59. The van der Waals surface area contributed by atoms with Crippen LogP contribution in [0.1, 0.15) is 21.7 Å². The molecule has 146 valence electrons. The third kappa shape index (κ3) is 3.95. The first kappa shape index (κ1) is 20.1. The van der Waals surface area contributed by atoms with Gasteiger partial charge in [-0.2, -0.15) is 13.2 Å². The zero-order valence-corrected chi connectivity index (χ0v) is 15.1. The molecule has 11 heteroatoms. The molecule has 3 aromatic rings. The first-order chi connectivity index (χ1) is 13.1. The third-order valence-corrected chi connectivity index (χ3v) is 4.34. The van der Waals surface area contributed by atoms with E-state index in [2.05, 4.69) is 9.97 Å². The van der Waals surface area contributed by atoms with E-state index in [1.54, 1.807) is 0 Å². The number of hydrogen-bond acceptors (Lipinski definition) is 3. The van der Waals surface area contributed by atoms with Crippen molar-refractivity contribution in [3.63, 3.8) is 0 Å². The average molecular weight is 434 g/mol. The monoisotopic (exact) mass is 433 g/mol. The molecule has 0 atom stereocenters. The van der Waals surface area contributed by atoms with E-state index in [0.29, 0.717) is 0 Å². The second-order valence-corrected chi connectivity index (χ2v) is 6.49. The van der Waals surface area contributed by atoms with E-state index < -0.39 is 41.7 Å². The zero-order valence-electron chi connectivity index (χ0n) is 13.6. The van der Waals surface area contributed by atoms with Crippen LogP contribution in [0.5, 0.6) is 0 Å². The Bertz CT molecular complexity index is 1070. The van der Waals surface area contributed by atoms with Crippen molar-refractivity contribution in [2.24, 2.45) is 0 Å². The molecule has 0 amide bonds. The number of carboxylic acid groups (broad SMARTS) is 1. The van der Waals surface area contributed by atoms with Crippen LogP contribution in [0.4, 0.5) is 17.6 Å². The van der Waals surface area contributed by atoms with Gasteiger partial charge in [-0.3, -0.25) is 4.98 Å². The minimum atomic E-state index is -5.05. The molecule has 2 heterocycles. The van der Waals surface area contributed by atoms with Gasteiger partial charge in [0.25, 0.3) is 0 Å². The first-order valence-corrected chi connectivity index (χ1v) is 8.29. The van der Waals surface area contributed by atoms with Gasteiger partial charge in [-0.25, -0.2) is 14.2 Å². The summed E-state index contributed by atoms with van der Waals surface area (Å²) in [6, 6.07) is 5.18. The molecule has 2 aromatic heterocycles. The highest BCUT2D eigenvalue weighted by Gasteiger charge is 2.41. The highest BCUT2D eigenvalue weighted by atomic mass is 35.5. The maximum atomic E-state index is 13.6. The molecule has 1 N–H and O–H groups in total. The maximum Gasteiger partial charge on any atom is 0.435 e. The minimum absolute atomic E-state index is 0.129. The fraction of sp³-hybridized carbons (Fsp3) is 0.118. The number of halogens is 6. The van der Waals surface area contributed by atoms with E-state index >= 15 is 0 Å². The fourth-order valence-electron chi connectivity index (χ4n) is 2.61. The highest BCUT2D eigenvalue weighted by molar-refractivity contribution is 6.33. The van der Waals surface area contributed by atoms with Gasteiger partial charge < -0.3 is 9.67 Å². The second kappa shape index (κ2) is 7.40. The number of benzene rings is 1. The predicted octanol–water partition coefficient (Wildman–Crippen LogP) is 5.16. The summed E-state index contributed by atoms with van der Waals surface area (Å²) >= 11 is 12.0. The number of aromatic carboxylic acids is 1. The van der Waals surface area contributed by atoms with Gasteiger partial charge in [0.05, 0.1) is 12.7 Å². The van der Waals surface area contributed by atoms with Gasteiger partial charge in [-0.15, -0.1) is 0 Å². The van der Waals surface area contributed by atoms with Gasteiger partial charge in [0.15, 0.2) is 11.4 Å². The minimum Gasteiger partial charge on any atom is -0.477 e. The van der Waals surface area contributed by atoms with Crippen LogP contribution in [0.25, 0.3) is 11.4 Å². The molecule has 1 aromatic carbocycles. The van der Waals surface area contributed by atoms with E-state index in [1.807, 2.05) is 0 Å². The van der Waals surface area contributed by atoms with Crippen LogP contribution in [0.15, 0.2) is 36.7 Å². The topological polar surface area (TPSA) is 68.0 Å². The second-order valence-electron chi connectivity index (χ2n) is 5.65. The third-order valence-electron chi connectivity index (χ3n) is 3.74. The molecule has 0 saturated carbocycles. The number of alkyl halides is 3. The van der Waals surface area contributed by atoms with Gasteiger partial charge in [0, 0.05) is 21.8 Å². The van der Waals surface area contributed by atoms with E-state index in [4.69, 9.17) is 23.2 Å². The number of rotatable bonds is 4. The smallest absolute Gasteiger partial charge is 0.435 e. The van der Waals surface area contributed by atoms with E-state index in [0.717, 1.165) is 23.0 Å². The van der Waals surface area contributed by atoms with Crippen molar-refractivity contribution in [2.45, 2.75) is 12.7 Å². The molecule has 0 unspecified atom stereocenters. The Balaban J connectivity index is 2.29. The Morgan fingerprint density at radius 1 is 1.18 bits per heavy atom. The molecule has 0 spiro atoms. The zero-order chi connectivity index (χ0) is 20.6. The number of hydrogen-bond donors (Lipinski definition) is 1. The summed E-state index contributed by atoms with van der Waals surface area (Å²) in [7, 11) is 0. The molecule has 0 saturated heterocycles. The molecular weight excluding hydrogens is 425 g/mol. The van der Waals surface area contributed by atoms with Crippen LogP contribution < -0.4 is 0 Å². The fourth-order valence-corrected chi connectivity index (χ4v) is 2.98. The van der Waals surface area contributed by atoms with Gasteiger partial charge in [-0.05, 0) is 29.8 Å². The lowest BCUT2D eigenvalue weighted by molar-refractivity contribution is -0.141. The number of carbonyl (C=O) groups is 1. The van der Waals surface area contributed by atoms with Crippen LogP contribution in [0.2, 0.25) is 10.0 Å². The molecule has 0 radical (unpaired) electrons. The van der Waals surface area contributed by atoms with Gasteiger partial charge >= 0.3 is 12.1 Å². The number of carboxylic acids is 1. The quantitative estimate of drug-likeness (QED) is 0.577. The van der Waals surface area contributed by atoms with Gasteiger partial charge in [0.1, 0.15) is 11.6 Å². The Morgan fingerprint density at radius 3 is 2.50 bits per heavy atom. The molecule has 3 rings (SSSR count). The normalized spacial score (nSPS) is 11.6. The Hall–Kier alpha value is -2.65. The Kier molecular flexibility index (Phi) is 5.31. The van der Waals surface area contributed by atoms with Gasteiger partial charge in [-0.1, -0.05) is 23.2 Å². The van der Waals surface area contributed by atoms with Crippen molar-refractivity contribution in [1.82, 2.24) is 14.5 Å². The highest BCUT2D eigenvalue weighted by Crippen LogP contribution is 2.35. The van der Waals surface area contributed by atoms with E-state index in [9.17, 15) is 27.5 Å². The van der Waals surface area contributed by atoms with Crippen molar-refractivity contribution in [3.8, 4) is 11.4 Å². The lowest BCUT2D eigenvalue weighted by atomic mass is 10.2. The largest absolute Gasteiger partial charge is 0.477 e. The molecular formula is C17H9Cl2F4N3O2. The predicted molar refractivity (Wildman–Crippen MR) is 92.9 cm³/mol. The van der Waals surface area contributed by atoms with Crippen molar-refractivity contribution in [3.05, 3.63) is 69.5 Å². The summed E-state index contributed by atoms with van der Waals surface area (Å²) in [6.07, 6.45) is -3.12. The first-order valence-electron chi connectivity index (χ1n) is 7.53. The number of nitrogens with zero attached hydrogens (tertiary/aromatic N) is 3. The van der Waals surface area contributed by atoms with Crippen molar-refractivity contribution >= 4 is 29.2 Å². The van der Waals surface area contributed by atoms with Crippen LogP contribution in [-0.2, 0) is 12.7 Å². The molecule has 5 nitrogen and oxygen atoms in total. The standard InChI is InChI=1S/C17H9Cl2F4N3O2/c18-10-1-2-12(19)9(3-10)7-26-13(16(27)28)14(17(21,22)23)25-15(26)8-4-11(20)6-24-5-8/h1-6H,7H2,(H,27,28). The summed E-state index contributed by atoms with van der Waals surface area (Å²) in [4.78, 5) is 18.7. The molecule has 0 bridgehead atoms. The molecule has 0 fully saturated rings. The number of aromatic nitrogens is 3. The van der Waals surface area contributed by atoms with E-state index in [1.165, 1.54) is 18.2 Å². The number of imidazole rings is 1. The Labute approximate surface area is 165 Å². The SMILES string of the molecule is O=C(O)c1c(C(F)(F)F)nc(-c2cncc(F)c2)n1Cc1cc(Cl)ccc1Cl. The van der Waals surface area contributed by atoms with Crippen LogP contribution in [0.3, 0.4) is 0 Å². The van der Waals surface area contributed by atoms with E-state index in [-0.39, 0.29) is 21.2 Å². The lowest BCUT2D eigenvalue weighted by Gasteiger charge is -2.12. The Morgan fingerprint density at radius 2 is 1.89 bits per heavy atom. The van der Waals surface area contributed by atoms with Crippen molar-refractivity contribution in [1.29, 1.82) is 0 Å². The van der Waals surface area contributed by atoms with Crippen molar-refractivity contribution in [2.75, 3.05) is 0 Å². The molecule has 0 aliphatic heterocycles. The molecule has 0 aliphatic rings. The van der Waals surface area contributed by atoms with Gasteiger partial charge in [0.2, 0.25) is 0 Å². The summed E-state index contributed by atoms with van der Waals surface area (Å²) in [5.74, 6) is -3.10. The number of pyridine rings is 1. The summed E-state index contributed by atoms with van der Waals surface area (Å²) in [6.45, 7) is -0.393. The van der Waals surface area contributed by atoms with Crippen molar-refractivity contribution < 1.29 is 27.5 Å². The molecule has 0 aliphatic carbocycles. The summed E-state index contributed by atoms with van der Waals surface area (Å²) in [5, 5.41) is 9.83. The lowest BCUT2D eigenvalue weighted by Crippen LogP contribution is -2.17. The van der Waals surface area contributed by atoms with Crippen LogP contribution in [-0.4, -0.2) is 25.6 Å². The van der Waals surface area contributed by atoms with Crippen LogP contribution in [0, 0.1) is 5.82 Å². The average Bonchev–Trinajstić information content (AvgIpc) is 2.98. The maximum absolute atomic E-state index is 13.6. The molecule has 28 heavy (non-hydrogen) atoms. The van der Waals surface area contributed by atoms with Crippen LogP contribution >= 0.6 is 23.2 Å². The summed E-state index contributed by atoms with van der Waals surface area (Å²) < 4.78 is 54.6.